The average Bonchev–Trinajstić information content (AvgIpc) is 3.16. The molecular formula is C23H24F3N3O2. The number of nitrogens with zero attached hydrogens (tertiary/aromatic N) is 2. The second-order valence-corrected chi connectivity index (χ2v) is 8.06. The Morgan fingerprint density at radius 2 is 1.65 bits per heavy atom. The SMILES string of the molecule is O=C(NC1CCN(c2ccccc2)CC1)[C@@H]1CC(=O)N(c2cccc(C(F)(F)F)c2)C1. The monoisotopic (exact) mass is 431 g/mol. The molecule has 0 radical (unpaired) electrons. The highest BCUT2D eigenvalue weighted by molar-refractivity contribution is 6.00. The minimum absolute atomic E-state index is 0.00490. The van der Waals surface area contributed by atoms with Gasteiger partial charge < -0.3 is 15.1 Å². The topological polar surface area (TPSA) is 52.7 Å². The summed E-state index contributed by atoms with van der Waals surface area (Å²) >= 11 is 0. The van der Waals surface area contributed by atoms with E-state index in [4.69, 9.17) is 0 Å². The molecule has 0 unspecified atom stereocenters. The van der Waals surface area contributed by atoms with Crippen molar-refractivity contribution in [3.63, 3.8) is 0 Å². The van der Waals surface area contributed by atoms with Crippen LogP contribution in [0.25, 0.3) is 0 Å². The summed E-state index contributed by atoms with van der Waals surface area (Å²) in [7, 11) is 0. The van der Waals surface area contributed by atoms with Crippen LogP contribution in [-0.4, -0.2) is 37.5 Å². The molecule has 2 aromatic carbocycles. The number of piperidine rings is 1. The van der Waals surface area contributed by atoms with Gasteiger partial charge in [-0.2, -0.15) is 13.2 Å². The number of nitrogens with one attached hydrogen (secondary N) is 1. The average molecular weight is 431 g/mol. The Morgan fingerprint density at radius 1 is 0.968 bits per heavy atom. The zero-order chi connectivity index (χ0) is 22.0. The Bertz CT molecular complexity index is 941. The van der Waals surface area contributed by atoms with Crippen LogP contribution in [0.3, 0.4) is 0 Å². The molecule has 0 aromatic heterocycles. The largest absolute Gasteiger partial charge is 0.416 e. The van der Waals surface area contributed by atoms with E-state index in [2.05, 4.69) is 22.3 Å². The van der Waals surface area contributed by atoms with Crippen molar-refractivity contribution in [1.29, 1.82) is 0 Å². The molecule has 0 bridgehead atoms. The number of amides is 2. The van der Waals surface area contributed by atoms with Crippen LogP contribution in [0, 0.1) is 5.92 Å². The van der Waals surface area contributed by atoms with Crippen LogP contribution in [0.4, 0.5) is 24.5 Å². The lowest BCUT2D eigenvalue weighted by Gasteiger charge is -2.34. The smallest absolute Gasteiger partial charge is 0.371 e. The molecule has 2 aromatic rings. The van der Waals surface area contributed by atoms with Gasteiger partial charge in [0.05, 0.1) is 11.5 Å². The first-order valence-corrected chi connectivity index (χ1v) is 10.4. The number of benzene rings is 2. The van der Waals surface area contributed by atoms with Crippen LogP contribution < -0.4 is 15.1 Å². The lowest BCUT2D eigenvalue weighted by Crippen LogP contribution is -2.46. The molecule has 5 nitrogen and oxygen atoms in total. The number of carbonyl (C=O) groups is 2. The maximum absolute atomic E-state index is 13.0. The summed E-state index contributed by atoms with van der Waals surface area (Å²) in [6.07, 6.45) is -2.87. The summed E-state index contributed by atoms with van der Waals surface area (Å²) in [6, 6.07) is 14.8. The van der Waals surface area contributed by atoms with Crippen LogP contribution in [0.1, 0.15) is 24.8 Å². The van der Waals surface area contributed by atoms with Gasteiger partial charge in [-0.05, 0) is 43.2 Å². The van der Waals surface area contributed by atoms with Crippen molar-refractivity contribution in [3.8, 4) is 0 Å². The molecule has 2 amide bonds. The van der Waals surface area contributed by atoms with Crippen molar-refractivity contribution in [2.45, 2.75) is 31.5 Å². The number of hydrogen-bond donors (Lipinski definition) is 1. The van der Waals surface area contributed by atoms with Crippen molar-refractivity contribution in [3.05, 3.63) is 60.2 Å². The Balaban J connectivity index is 1.33. The van der Waals surface area contributed by atoms with Crippen LogP contribution in [-0.2, 0) is 15.8 Å². The van der Waals surface area contributed by atoms with Gasteiger partial charge in [0.15, 0.2) is 0 Å². The van der Waals surface area contributed by atoms with E-state index >= 15 is 0 Å². The first-order valence-electron chi connectivity index (χ1n) is 10.4. The molecule has 2 aliphatic rings. The summed E-state index contributed by atoms with van der Waals surface area (Å²) in [5, 5.41) is 3.04. The molecule has 8 heteroatoms. The number of rotatable bonds is 4. The molecule has 0 spiro atoms. The van der Waals surface area contributed by atoms with Crippen molar-refractivity contribution in [2.75, 3.05) is 29.4 Å². The lowest BCUT2D eigenvalue weighted by atomic mass is 10.0. The van der Waals surface area contributed by atoms with Gasteiger partial charge in [0.2, 0.25) is 11.8 Å². The zero-order valence-electron chi connectivity index (χ0n) is 16.9. The van der Waals surface area contributed by atoms with Gasteiger partial charge in [-0.3, -0.25) is 9.59 Å². The van der Waals surface area contributed by atoms with E-state index in [1.54, 1.807) is 0 Å². The molecule has 4 rings (SSSR count). The molecule has 1 atom stereocenters. The molecule has 0 aliphatic carbocycles. The van der Waals surface area contributed by atoms with Crippen LogP contribution in [0.5, 0.6) is 0 Å². The molecule has 2 fully saturated rings. The van der Waals surface area contributed by atoms with Gasteiger partial charge in [-0.25, -0.2) is 0 Å². The van der Waals surface area contributed by atoms with E-state index in [1.807, 2.05) is 18.2 Å². The quantitative estimate of drug-likeness (QED) is 0.800. The second-order valence-electron chi connectivity index (χ2n) is 8.06. The second kappa shape index (κ2) is 8.61. The van der Waals surface area contributed by atoms with Crippen LogP contribution in [0.2, 0.25) is 0 Å². The highest BCUT2D eigenvalue weighted by atomic mass is 19.4. The normalized spacial score (nSPS) is 20.2. The van der Waals surface area contributed by atoms with E-state index in [9.17, 15) is 22.8 Å². The van der Waals surface area contributed by atoms with E-state index in [0.717, 1.165) is 43.8 Å². The number of halogens is 3. The highest BCUT2D eigenvalue weighted by Gasteiger charge is 2.37. The summed E-state index contributed by atoms with van der Waals surface area (Å²) in [5.41, 5.74) is 0.521. The molecule has 164 valence electrons. The van der Waals surface area contributed by atoms with Crippen molar-refractivity contribution in [1.82, 2.24) is 5.32 Å². The van der Waals surface area contributed by atoms with E-state index in [1.165, 1.54) is 17.0 Å². The minimum Gasteiger partial charge on any atom is -0.371 e. The molecule has 2 saturated heterocycles. The standard InChI is InChI=1S/C23H24F3N3O2/c24-23(25,26)17-5-4-8-20(14-17)29-15-16(13-21(29)30)22(31)27-18-9-11-28(12-10-18)19-6-2-1-3-7-19/h1-8,14,16,18H,9-13,15H2,(H,27,31)/t16-/m1/s1. The van der Waals surface area contributed by atoms with Gasteiger partial charge >= 0.3 is 6.18 Å². The minimum atomic E-state index is -4.48. The number of alkyl halides is 3. The first kappa shape index (κ1) is 21.2. The summed E-state index contributed by atoms with van der Waals surface area (Å²) in [5.74, 6) is -1.10. The Hall–Kier alpha value is -3.03. The number of carbonyl (C=O) groups excluding carboxylic acids is 2. The fourth-order valence-electron chi connectivity index (χ4n) is 4.22. The van der Waals surface area contributed by atoms with E-state index in [0.29, 0.717) is 0 Å². The van der Waals surface area contributed by atoms with E-state index < -0.39 is 17.7 Å². The number of para-hydroxylation sites is 1. The van der Waals surface area contributed by atoms with Crippen molar-refractivity contribution >= 4 is 23.2 Å². The highest BCUT2D eigenvalue weighted by Crippen LogP contribution is 2.33. The predicted molar refractivity (Wildman–Crippen MR) is 112 cm³/mol. The van der Waals surface area contributed by atoms with Crippen LogP contribution in [0.15, 0.2) is 54.6 Å². The maximum Gasteiger partial charge on any atom is 0.416 e. The maximum atomic E-state index is 13.0. The van der Waals surface area contributed by atoms with Gasteiger partial charge in [0.25, 0.3) is 0 Å². The van der Waals surface area contributed by atoms with Crippen LogP contribution >= 0.6 is 0 Å². The lowest BCUT2D eigenvalue weighted by molar-refractivity contribution is -0.137. The molecular weight excluding hydrogens is 407 g/mol. The molecule has 2 heterocycles. The predicted octanol–water partition coefficient (Wildman–Crippen LogP) is 3.84. The Labute approximate surface area is 178 Å². The number of hydrogen-bond acceptors (Lipinski definition) is 3. The van der Waals surface area contributed by atoms with Crippen molar-refractivity contribution in [2.24, 2.45) is 5.92 Å². The molecule has 0 saturated carbocycles. The summed E-state index contributed by atoms with van der Waals surface area (Å²) in [4.78, 5) is 28.7. The van der Waals surface area contributed by atoms with E-state index in [-0.39, 0.29) is 36.5 Å². The molecule has 2 aliphatic heterocycles. The van der Waals surface area contributed by atoms with Gasteiger partial charge in [0.1, 0.15) is 0 Å². The zero-order valence-corrected chi connectivity index (χ0v) is 16.9. The van der Waals surface area contributed by atoms with Gasteiger partial charge in [-0.15, -0.1) is 0 Å². The summed E-state index contributed by atoms with van der Waals surface area (Å²) in [6.45, 7) is 1.75. The molecule has 1 N–H and O–H groups in total. The van der Waals surface area contributed by atoms with Gasteiger partial charge in [0, 0.05) is 43.5 Å². The third-order valence-electron chi connectivity index (χ3n) is 5.94. The third kappa shape index (κ3) is 4.84. The first-order chi connectivity index (χ1) is 14.8. The molecule has 31 heavy (non-hydrogen) atoms. The fraction of sp³-hybridized carbons (Fsp3) is 0.391. The number of anilines is 2. The Kier molecular flexibility index (Phi) is 5.89. The summed E-state index contributed by atoms with van der Waals surface area (Å²) < 4.78 is 38.9. The van der Waals surface area contributed by atoms with Gasteiger partial charge in [-0.1, -0.05) is 24.3 Å². The fourth-order valence-corrected chi connectivity index (χ4v) is 4.22. The Morgan fingerprint density at radius 3 is 2.32 bits per heavy atom. The third-order valence-corrected chi connectivity index (χ3v) is 5.94. The van der Waals surface area contributed by atoms with Crippen molar-refractivity contribution < 1.29 is 22.8 Å².